The van der Waals surface area contributed by atoms with Crippen molar-refractivity contribution in [3.05, 3.63) is 86.0 Å². The van der Waals surface area contributed by atoms with Crippen LogP contribution in [0.3, 0.4) is 0 Å². The maximum Gasteiger partial charge on any atom is 0.406 e. The van der Waals surface area contributed by atoms with E-state index in [2.05, 4.69) is 31.0 Å². The molecule has 1 fully saturated rings. The summed E-state index contributed by atoms with van der Waals surface area (Å²) in [6, 6.07) is 5.75. The Kier molecular flexibility index (Phi) is 6.57. The first-order valence-corrected chi connectivity index (χ1v) is 12.3. The summed E-state index contributed by atoms with van der Waals surface area (Å²) in [6.45, 7) is 4.36. The van der Waals surface area contributed by atoms with E-state index in [0.29, 0.717) is 45.3 Å². The maximum atomic E-state index is 14.4. The van der Waals surface area contributed by atoms with Gasteiger partial charge < -0.3 is 19.3 Å². The van der Waals surface area contributed by atoms with Crippen molar-refractivity contribution >= 4 is 21.7 Å². The molecule has 0 amide bonds. The van der Waals surface area contributed by atoms with Gasteiger partial charge in [-0.2, -0.15) is 5.10 Å². The molecule has 0 N–H and O–H groups in total. The van der Waals surface area contributed by atoms with Crippen molar-refractivity contribution in [1.82, 2.24) is 19.7 Å². The minimum atomic E-state index is -0.759. The number of hydrogen-bond acceptors (Lipinski definition) is 7. The Labute approximate surface area is 214 Å². The third kappa shape index (κ3) is 5.30. The van der Waals surface area contributed by atoms with Crippen LogP contribution >= 0.6 is 15.9 Å². The molecule has 3 aromatic heterocycles. The Hall–Kier alpha value is -3.60. The number of pyridine rings is 1. The predicted molar refractivity (Wildman–Crippen MR) is 132 cm³/mol. The molecule has 0 bridgehead atoms. The van der Waals surface area contributed by atoms with E-state index in [4.69, 9.17) is 9.15 Å². The van der Waals surface area contributed by atoms with E-state index < -0.39 is 22.7 Å². The Bertz CT molecular complexity index is 1430. The third-order valence-electron chi connectivity index (χ3n) is 5.98. The van der Waals surface area contributed by atoms with Gasteiger partial charge >= 0.3 is 5.82 Å². The molecule has 0 radical (unpaired) electrons. The lowest BCUT2D eigenvalue weighted by Gasteiger charge is -2.18. The van der Waals surface area contributed by atoms with Crippen molar-refractivity contribution in [1.29, 1.82) is 0 Å². The average Bonchev–Trinajstić information content (AvgIpc) is 3.41. The molecule has 1 aliphatic rings. The van der Waals surface area contributed by atoms with Crippen LogP contribution < -0.4 is 4.74 Å². The number of ether oxygens (including phenoxy) is 1. The predicted octanol–water partition coefficient (Wildman–Crippen LogP) is 6.19. The molecule has 0 spiro atoms. The number of aromatic nitrogens is 4. The normalized spacial score (nSPS) is 14.1. The first-order chi connectivity index (χ1) is 17.3. The van der Waals surface area contributed by atoms with Crippen molar-refractivity contribution in [2.75, 3.05) is 0 Å². The molecular weight excluding hydrogens is 533 g/mol. The summed E-state index contributed by atoms with van der Waals surface area (Å²) in [5.74, 6) is 0.750. The van der Waals surface area contributed by atoms with Crippen LogP contribution in [0.2, 0.25) is 0 Å². The molecule has 1 saturated carbocycles. The average molecular weight is 556 g/mol. The SMILES string of the molecule is Cc1nc(Cc2cnn(CC3CC3)c2)c(-c2ccc(F)cc2C(C)Oc2cc(Br)cnc2[N+](=O)[O-])o1. The Morgan fingerprint density at radius 1 is 1.33 bits per heavy atom. The molecule has 3 heterocycles. The van der Waals surface area contributed by atoms with Gasteiger partial charge in [-0.25, -0.2) is 9.37 Å². The van der Waals surface area contributed by atoms with Gasteiger partial charge in [0.15, 0.2) is 17.8 Å². The second-order valence-corrected chi connectivity index (χ2v) is 9.84. The first-order valence-electron chi connectivity index (χ1n) is 11.5. The number of rotatable bonds is 9. The van der Waals surface area contributed by atoms with Crippen LogP contribution in [0.4, 0.5) is 10.2 Å². The summed E-state index contributed by atoms with van der Waals surface area (Å²) in [5.41, 5.74) is 2.74. The molecule has 1 atom stereocenters. The zero-order valence-corrected chi connectivity index (χ0v) is 21.2. The molecule has 5 rings (SSSR count). The Balaban J connectivity index is 1.47. The molecule has 186 valence electrons. The number of oxazole rings is 1. The molecule has 9 nitrogen and oxygen atoms in total. The van der Waals surface area contributed by atoms with E-state index >= 15 is 0 Å². The second kappa shape index (κ2) is 9.81. The lowest BCUT2D eigenvalue weighted by Crippen LogP contribution is -2.08. The minimum absolute atomic E-state index is 0.0332. The highest BCUT2D eigenvalue weighted by molar-refractivity contribution is 9.10. The number of halogens is 2. The van der Waals surface area contributed by atoms with Crippen molar-refractivity contribution in [2.45, 2.75) is 45.8 Å². The van der Waals surface area contributed by atoms with Gasteiger partial charge in [-0.3, -0.25) is 4.68 Å². The van der Waals surface area contributed by atoms with Crippen molar-refractivity contribution < 1.29 is 18.5 Å². The van der Waals surface area contributed by atoms with Crippen LogP contribution in [0, 0.1) is 28.8 Å². The fraction of sp³-hybridized carbons (Fsp3) is 0.320. The van der Waals surface area contributed by atoms with Crippen LogP contribution in [-0.4, -0.2) is 24.7 Å². The van der Waals surface area contributed by atoms with Gasteiger partial charge in [-0.1, -0.05) is 0 Å². The van der Waals surface area contributed by atoms with Crippen molar-refractivity contribution in [2.24, 2.45) is 5.92 Å². The van der Waals surface area contributed by atoms with E-state index in [1.165, 1.54) is 37.2 Å². The molecule has 1 aromatic carbocycles. The lowest BCUT2D eigenvalue weighted by atomic mass is 9.98. The number of nitrogens with zero attached hydrogens (tertiary/aromatic N) is 5. The Morgan fingerprint density at radius 2 is 2.14 bits per heavy atom. The van der Waals surface area contributed by atoms with Crippen molar-refractivity contribution in [3.63, 3.8) is 0 Å². The summed E-state index contributed by atoms with van der Waals surface area (Å²) in [7, 11) is 0. The van der Waals surface area contributed by atoms with Crippen LogP contribution in [0.15, 0.2) is 51.7 Å². The monoisotopic (exact) mass is 555 g/mol. The van der Waals surface area contributed by atoms with Crippen molar-refractivity contribution in [3.8, 4) is 17.1 Å². The van der Waals surface area contributed by atoms with Crippen LogP contribution in [0.1, 0.15) is 48.6 Å². The molecule has 4 aromatic rings. The standard InChI is InChI=1S/C25H23BrFN5O4/c1-14(35-23-8-18(26)11-28-25(23)32(33)34)21-9-19(27)5-6-20(21)24-22(30-15(2)36-24)7-17-10-29-31(13-17)12-16-3-4-16/h5-6,8-11,13-14,16H,3-4,7,12H2,1-2H3. The zero-order valence-electron chi connectivity index (χ0n) is 19.6. The first kappa shape index (κ1) is 24.1. The summed E-state index contributed by atoms with van der Waals surface area (Å²) < 4.78 is 28.7. The minimum Gasteiger partial charge on any atom is -0.478 e. The summed E-state index contributed by atoms with van der Waals surface area (Å²) in [4.78, 5) is 19.2. The van der Waals surface area contributed by atoms with Gasteiger partial charge in [0.05, 0.1) is 16.4 Å². The summed E-state index contributed by atoms with van der Waals surface area (Å²) in [6.07, 6.45) is 7.38. The van der Waals surface area contributed by atoms with Crippen LogP contribution in [-0.2, 0) is 13.0 Å². The highest BCUT2D eigenvalue weighted by atomic mass is 79.9. The quantitative estimate of drug-likeness (QED) is 0.179. The van der Waals surface area contributed by atoms with Crippen LogP contribution in [0.5, 0.6) is 5.75 Å². The highest BCUT2D eigenvalue weighted by Gasteiger charge is 2.26. The van der Waals surface area contributed by atoms with E-state index in [1.54, 1.807) is 19.9 Å². The molecule has 0 aliphatic heterocycles. The van der Waals surface area contributed by atoms with E-state index in [-0.39, 0.29) is 5.75 Å². The smallest absolute Gasteiger partial charge is 0.406 e. The van der Waals surface area contributed by atoms with E-state index in [0.717, 1.165) is 12.1 Å². The third-order valence-corrected chi connectivity index (χ3v) is 6.41. The van der Waals surface area contributed by atoms with Gasteiger partial charge in [0, 0.05) is 43.3 Å². The summed E-state index contributed by atoms with van der Waals surface area (Å²) >= 11 is 3.26. The molecule has 0 saturated heterocycles. The van der Waals surface area contributed by atoms with Gasteiger partial charge in [0.1, 0.15) is 11.9 Å². The number of nitro groups is 1. The molecule has 36 heavy (non-hydrogen) atoms. The Morgan fingerprint density at radius 3 is 2.89 bits per heavy atom. The van der Waals surface area contributed by atoms with E-state index in [9.17, 15) is 14.5 Å². The molecule has 11 heteroatoms. The number of hydrogen-bond donors (Lipinski definition) is 0. The van der Waals surface area contributed by atoms with Gasteiger partial charge in [0.25, 0.3) is 0 Å². The van der Waals surface area contributed by atoms with E-state index in [1.807, 2.05) is 17.1 Å². The molecule has 1 aliphatic carbocycles. The topological polar surface area (TPSA) is 109 Å². The molecule has 1 unspecified atom stereocenters. The molecular formula is C25H23BrFN5O4. The maximum absolute atomic E-state index is 14.4. The lowest BCUT2D eigenvalue weighted by molar-refractivity contribution is -0.390. The number of benzene rings is 1. The van der Waals surface area contributed by atoms with Gasteiger partial charge in [0.2, 0.25) is 5.75 Å². The highest BCUT2D eigenvalue weighted by Crippen LogP contribution is 2.37. The zero-order chi connectivity index (χ0) is 25.4. The largest absolute Gasteiger partial charge is 0.478 e. The fourth-order valence-corrected chi connectivity index (χ4v) is 4.43. The van der Waals surface area contributed by atoms with Gasteiger partial charge in [-0.15, -0.1) is 0 Å². The summed E-state index contributed by atoms with van der Waals surface area (Å²) in [5, 5.41) is 15.9. The second-order valence-electron chi connectivity index (χ2n) is 8.92. The van der Waals surface area contributed by atoms with Crippen LogP contribution in [0.25, 0.3) is 11.3 Å². The number of aryl methyl sites for hydroxylation is 1. The van der Waals surface area contributed by atoms with Gasteiger partial charge in [-0.05, 0) is 75.3 Å². The fourth-order valence-electron chi connectivity index (χ4n) is 4.12.